The van der Waals surface area contributed by atoms with E-state index >= 15 is 0 Å². The molecule has 0 aliphatic rings. The van der Waals surface area contributed by atoms with E-state index in [1.807, 2.05) is 30.3 Å². The van der Waals surface area contributed by atoms with Crippen molar-refractivity contribution in [2.24, 2.45) is 5.92 Å². The normalized spacial score (nSPS) is 10.5. The van der Waals surface area contributed by atoms with Crippen LogP contribution in [0.5, 0.6) is 0 Å². The van der Waals surface area contributed by atoms with Gasteiger partial charge in [0.1, 0.15) is 6.61 Å². The average Bonchev–Trinajstić information content (AvgIpc) is 2.41. The van der Waals surface area contributed by atoms with Crippen molar-refractivity contribution in [2.45, 2.75) is 26.9 Å². The van der Waals surface area contributed by atoms with Gasteiger partial charge in [0.15, 0.2) is 0 Å². The van der Waals surface area contributed by atoms with Crippen LogP contribution < -0.4 is 5.32 Å². The van der Waals surface area contributed by atoms with Crippen molar-refractivity contribution in [3.8, 4) is 0 Å². The Bertz CT molecular complexity index is 352. The molecule has 1 amide bonds. The maximum Gasteiger partial charge on any atom is 0.407 e. The van der Waals surface area contributed by atoms with Crippen molar-refractivity contribution < 1.29 is 14.3 Å². The fourth-order valence-corrected chi connectivity index (χ4v) is 1.42. The molecule has 0 fully saturated rings. The molecule has 0 unspecified atom stereocenters. The first-order valence-corrected chi connectivity index (χ1v) is 6.71. The fourth-order valence-electron chi connectivity index (χ4n) is 1.42. The van der Waals surface area contributed by atoms with Crippen LogP contribution in [-0.2, 0) is 16.1 Å². The summed E-state index contributed by atoms with van der Waals surface area (Å²) in [4.78, 5) is 11.4. The van der Waals surface area contributed by atoms with Crippen LogP contribution in [0.2, 0.25) is 0 Å². The lowest BCUT2D eigenvalue weighted by Crippen LogP contribution is -2.28. The molecule has 0 aliphatic carbocycles. The Labute approximate surface area is 115 Å². The highest BCUT2D eigenvalue weighted by atomic mass is 16.5. The van der Waals surface area contributed by atoms with E-state index in [2.05, 4.69) is 19.2 Å². The summed E-state index contributed by atoms with van der Waals surface area (Å²) in [5.41, 5.74) is 0.978. The maximum atomic E-state index is 11.4. The Hall–Kier alpha value is -1.55. The van der Waals surface area contributed by atoms with Gasteiger partial charge in [-0.1, -0.05) is 44.2 Å². The van der Waals surface area contributed by atoms with E-state index in [1.165, 1.54) is 0 Å². The minimum Gasteiger partial charge on any atom is -0.445 e. The standard InChI is InChI=1S/C15H23NO3/c1-13(2)8-10-18-11-9-16-15(17)19-12-14-6-4-3-5-7-14/h3-7,13H,8-12H2,1-2H3,(H,16,17). The maximum absolute atomic E-state index is 11.4. The molecule has 1 aromatic carbocycles. The summed E-state index contributed by atoms with van der Waals surface area (Å²) in [7, 11) is 0. The van der Waals surface area contributed by atoms with Gasteiger partial charge in [-0.25, -0.2) is 4.79 Å². The van der Waals surface area contributed by atoms with Crippen molar-refractivity contribution >= 4 is 6.09 Å². The Morgan fingerprint density at radius 2 is 1.95 bits per heavy atom. The van der Waals surface area contributed by atoms with Crippen LogP contribution in [0.15, 0.2) is 30.3 Å². The molecule has 0 aromatic heterocycles. The van der Waals surface area contributed by atoms with E-state index in [0.717, 1.165) is 18.6 Å². The van der Waals surface area contributed by atoms with Gasteiger partial charge in [0, 0.05) is 13.2 Å². The Morgan fingerprint density at radius 1 is 1.21 bits per heavy atom. The Balaban J connectivity index is 1.99. The number of carbonyl (C=O) groups excluding carboxylic acids is 1. The molecule has 0 saturated carbocycles. The number of hydrogen-bond acceptors (Lipinski definition) is 3. The van der Waals surface area contributed by atoms with Crippen LogP contribution in [0.3, 0.4) is 0 Å². The van der Waals surface area contributed by atoms with E-state index < -0.39 is 6.09 Å². The summed E-state index contributed by atoms with van der Waals surface area (Å²) < 4.78 is 10.5. The summed E-state index contributed by atoms with van der Waals surface area (Å²) in [5.74, 6) is 0.642. The topological polar surface area (TPSA) is 47.6 Å². The van der Waals surface area contributed by atoms with Gasteiger partial charge in [-0.15, -0.1) is 0 Å². The summed E-state index contributed by atoms with van der Waals surface area (Å²) >= 11 is 0. The number of rotatable bonds is 8. The third-order valence-corrected chi connectivity index (χ3v) is 2.57. The van der Waals surface area contributed by atoms with Gasteiger partial charge >= 0.3 is 6.09 Å². The third kappa shape index (κ3) is 8.21. The highest BCUT2D eigenvalue weighted by Gasteiger charge is 2.01. The predicted octanol–water partition coefficient (Wildman–Crippen LogP) is 2.98. The van der Waals surface area contributed by atoms with Gasteiger partial charge in [0.25, 0.3) is 0 Å². The Kier molecular flexibility index (Phi) is 7.66. The molecular weight excluding hydrogens is 242 g/mol. The van der Waals surface area contributed by atoms with Crippen LogP contribution >= 0.6 is 0 Å². The van der Waals surface area contributed by atoms with E-state index in [1.54, 1.807) is 0 Å². The molecular formula is C15H23NO3. The quantitative estimate of drug-likeness (QED) is 0.735. The molecule has 19 heavy (non-hydrogen) atoms. The van der Waals surface area contributed by atoms with Gasteiger partial charge in [-0.3, -0.25) is 0 Å². The van der Waals surface area contributed by atoms with E-state index in [9.17, 15) is 4.79 Å². The van der Waals surface area contributed by atoms with Crippen molar-refractivity contribution in [1.82, 2.24) is 5.32 Å². The highest BCUT2D eigenvalue weighted by Crippen LogP contribution is 2.00. The fraction of sp³-hybridized carbons (Fsp3) is 0.533. The third-order valence-electron chi connectivity index (χ3n) is 2.57. The molecule has 0 spiro atoms. The predicted molar refractivity (Wildman–Crippen MR) is 74.9 cm³/mol. The summed E-state index contributed by atoms with van der Waals surface area (Å²) in [6, 6.07) is 9.60. The van der Waals surface area contributed by atoms with Gasteiger partial charge in [0.05, 0.1) is 6.61 Å². The zero-order valence-electron chi connectivity index (χ0n) is 11.7. The lowest BCUT2D eigenvalue weighted by molar-refractivity contribution is 0.113. The molecule has 0 radical (unpaired) electrons. The smallest absolute Gasteiger partial charge is 0.407 e. The van der Waals surface area contributed by atoms with Crippen LogP contribution in [0.25, 0.3) is 0 Å². The van der Waals surface area contributed by atoms with Crippen molar-refractivity contribution in [2.75, 3.05) is 19.8 Å². The number of ether oxygens (including phenoxy) is 2. The van der Waals surface area contributed by atoms with E-state index in [-0.39, 0.29) is 0 Å². The summed E-state index contributed by atoms with van der Waals surface area (Å²) in [6.07, 6.45) is 0.634. The SMILES string of the molecule is CC(C)CCOCCNC(=O)OCc1ccccc1. The summed E-state index contributed by atoms with van der Waals surface area (Å²) in [6.45, 7) is 6.34. The Morgan fingerprint density at radius 3 is 2.63 bits per heavy atom. The van der Waals surface area contributed by atoms with Crippen molar-refractivity contribution in [3.05, 3.63) is 35.9 Å². The molecule has 4 heteroatoms. The van der Waals surface area contributed by atoms with Gasteiger partial charge < -0.3 is 14.8 Å². The molecule has 0 atom stereocenters. The molecule has 106 valence electrons. The van der Waals surface area contributed by atoms with Crippen LogP contribution in [0.1, 0.15) is 25.8 Å². The molecule has 0 saturated heterocycles. The zero-order valence-corrected chi connectivity index (χ0v) is 11.7. The lowest BCUT2D eigenvalue weighted by atomic mass is 10.1. The lowest BCUT2D eigenvalue weighted by Gasteiger charge is -2.08. The molecule has 1 N–H and O–H groups in total. The second-order valence-electron chi connectivity index (χ2n) is 4.78. The minimum atomic E-state index is -0.406. The first kappa shape index (κ1) is 15.5. The summed E-state index contributed by atoms with van der Waals surface area (Å²) in [5, 5.41) is 2.65. The van der Waals surface area contributed by atoms with E-state index in [0.29, 0.717) is 25.7 Å². The van der Waals surface area contributed by atoms with E-state index in [4.69, 9.17) is 9.47 Å². The first-order valence-electron chi connectivity index (χ1n) is 6.71. The molecule has 0 heterocycles. The molecule has 4 nitrogen and oxygen atoms in total. The molecule has 1 rings (SSSR count). The van der Waals surface area contributed by atoms with Crippen LogP contribution in [-0.4, -0.2) is 25.9 Å². The first-order chi connectivity index (χ1) is 9.18. The number of alkyl carbamates (subject to hydrolysis) is 1. The van der Waals surface area contributed by atoms with Crippen molar-refractivity contribution in [1.29, 1.82) is 0 Å². The molecule has 0 bridgehead atoms. The largest absolute Gasteiger partial charge is 0.445 e. The monoisotopic (exact) mass is 265 g/mol. The van der Waals surface area contributed by atoms with Crippen LogP contribution in [0.4, 0.5) is 4.79 Å². The zero-order chi connectivity index (χ0) is 13.9. The van der Waals surface area contributed by atoms with Crippen molar-refractivity contribution in [3.63, 3.8) is 0 Å². The minimum absolute atomic E-state index is 0.293. The number of amides is 1. The average molecular weight is 265 g/mol. The van der Waals surface area contributed by atoms with Gasteiger partial charge in [-0.2, -0.15) is 0 Å². The number of benzene rings is 1. The second-order valence-corrected chi connectivity index (χ2v) is 4.78. The van der Waals surface area contributed by atoms with Crippen LogP contribution in [0, 0.1) is 5.92 Å². The van der Waals surface area contributed by atoms with Gasteiger partial charge in [0.2, 0.25) is 0 Å². The highest BCUT2D eigenvalue weighted by molar-refractivity contribution is 5.67. The molecule has 1 aromatic rings. The number of hydrogen-bond donors (Lipinski definition) is 1. The molecule has 0 aliphatic heterocycles. The van der Waals surface area contributed by atoms with Gasteiger partial charge in [-0.05, 0) is 17.9 Å². The number of nitrogens with one attached hydrogen (secondary N) is 1. The second kappa shape index (κ2) is 9.39. The number of carbonyl (C=O) groups is 1.